The Morgan fingerprint density at radius 1 is 1.10 bits per heavy atom. The number of nitrogens with zero attached hydrogens (tertiary/aromatic N) is 3. The van der Waals surface area contributed by atoms with E-state index in [0.29, 0.717) is 18.5 Å². The molecule has 106 valence electrons. The third-order valence-corrected chi connectivity index (χ3v) is 3.96. The normalized spacial score (nSPS) is 16.1. The van der Waals surface area contributed by atoms with Crippen molar-refractivity contribution in [3.63, 3.8) is 0 Å². The first kappa shape index (κ1) is 13.3. The van der Waals surface area contributed by atoms with Crippen LogP contribution in [0.4, 0.5) is 0 Å². The van der Waals surface area contributed by atoms with Crippen molar-refractivity contribution >= 4 is 10.8 Å². The van der Waals surface area contributed by atoms with Crippen LogP contribution in [0.1, 0.15) is 18.5 Å². The highest BCUT2D eigenvalue weighted by atomic mass is 16.1. The molecule has 1 fully saturated rings. The van der Waals surface area contributed by atoms with Crippen molar-refractivity contribution in [2.45, 2.75) is 25.9 Å². The van der Waals surface area contributed by atoms with Gasteiger partial charge in [0.1, 0.15) is 0 Å². The lowest BCUT2D eigenvalue weighted by molar-refractivity contribution is 0.312. The van der Waals surface area contributed by atoms with Gasteiger partial charge in [-0.25, -0.2) is 4.68 Å². The highest BCUT2D eigenvalue weighted by Gasteiger charge is 2.13. The number of benzene rings is 1. The van der Waals surface area contributed by atoms with Crippen molar-refractivity contribution in [1.29, 1.82) is 0 Å². The summed E-state index contributed by atoms with van der Waals surface area (Å²) in [6, 6.07) is 7.56. The fourth-order valence-electron chi connectivity index (χ4n) is 2.85. The van der Waals surface area contributed by atoms with Crippen LogP contribution in [0.25, 0.3) is 10.8 Å². The Morgan fingerprint density at radius 2 is 1.80 bits per heavy atom. The topological polar surface area (TPSA) is 64.2 Å². The summed E-state index contributed by atoms with van der Waals surface area (Å²) in [6.07, 6.45) is 2.52. The molecule has 2 N–H and O–H groups in total. The Balaban J connectivity index is 1.93. The van der Waals surface area contributed by atoms with E-state index in [1.165, 1.54) is 12.8 Å². The molecule has 2 aromatic rings. The summed E-state index contributed by atoms with van der Waals surface area (Å²) in [5, 5.41) is 6.02. The number of fused-ring (bicyclic) bond motifs is 1. The molecule has 0 saturated carbocycles. The van der Waals surface area contributed by atoms with Crippen molar-refractivity contribution in [1.82, 2.24) is 14.7 Å². The first-order valence-corrected chi connectivity index (χ1v) is 7.21. The molecule has 20 heavy (non-hydrogen) atoms. The second kappa shape index (κ2) is 5.73. The maximum Gasteiger partial charge on any atom is 0.274 e. The molecular weight excluding hydrogens is 252 g/mol. The van der Waals surface area contributed by atoms with Crippen LogP contribution in [0.15, 0.2) is 29.1 Å². The molecule has 1 saturated heterocycles. The van der Waals surface area contributed by atoms with Gasteiger partial charge >= 0.3 is 0 Å². The van der Waals surface area contributed by atoms with Crippen LogP contribution in [0.3, 0.4) is 0 Å². The minimum absolute atomic E-state index is 0.0167. The Hall–Kier alpha value is -1.72. The third kappa shape index (κ3) is 2.46. The van der Waals surface area contributed by atoms with Gasteiger partial charge in [0.05, 0.1) is 17.6 Å². The van der Waals surface area contributed by atoms with Gasteiger partial charge < -0.3 is 10.6 Å². The first-order valence-electron chi connectivity index (χ1n) is 7.21. The predicted molar refractivity (Wildman–Crippen MR) is 79.6 cm³/mol. The van der Waals surface area contributed by atoms with Gasteiger partial charge in [-0.2, -0.15) is 5.10 Å². The van der Waals surface area contributed by atoms with E-state index in [0.717, 1.165) is 30.7 Å². The molecule has 1 aliphatic heterocycles. The maximum atomic E-state index is 12.4. The summed E-state index contributed by atoms with van der Waals surface area (Å²) in [5.41, 5.74) is 6.54. The summed E-state index contributed by atoms with van der Waals surface area (Å²) in [5.74, 6) is 0. The summed E-state index contributed by atoms with van der Waals surface area (Å²) >= 11 is 0. The smallest absolute Gasteiger partial charge is 0.274 e. The summed E-state index contributed by atoms with van der Waals surface area (Å²) < 4.78 is 1.57. The van der Waals surface area contributed by atoms with Crippen LogP contribution in [0.2, 0.25) is 0 Å². The van der Waals surface area contributed by atoms with E-state index >= 15 is 0 Å². The molecule has 1 aromatic heterocycles. The number of rotatable bonds is 4. The Kier molecular flexibility index (Phi) is 3.80. The van der Waals surface area contributed by atoms with Crippen molar-refractivity contribution in [3.8, 4) is 0 Å². The van der Waals surface area contributed by atoms with E-state index in [1.54, 1.807) is 4.68 Å². The molecule has 0 amide bonds. The van der Waals surface area contributed by atoms with E-state index < -0.39 is 0 Å². The molecule has 1 aromatic carbocycles. The van der Waals surface area contributed by atoms with Crippen LogP contribution in [-0.2, 0) is 13.1 Å². The first-order chi connectivity index (χ1) is 9.79. The molecule has 5 nitrogen and oxygen atoms in total. The SMILES string of the molecule is NCc1nn(CCN2CCCC2)c(=O)c2ccccc12. The lowest BCUT2D eigenvalue weighted by atomic mass is 10.1. The number of hydrogen-bond donors (Lipinski definition) is 1. The second-order valence-electron chi connectivity index (χ2n) is 5.27. The summed E-state index contributed by atoms with van der Waals surface area (Å²) in [6.45, 7) is 4.13. The van der Waals surface area contributed by atoms with Gasteiger partial charge in [-0.3, -0.25) is 4.79 Å². The molecule has 2 heterocycles. The summed E-state index contributed by atoms with van der Waals surface area (Å²) in [4.78, 5) is 14.8. The highest BCUT2D eigenvalue weighted by Crippen LogP contribution is 2.12. The fraction of sp³-hybridized carbons (Fsp3) is 0.467. The number of nitrogens with two attached hydrogens (primary N) is 1. The number of hydrogen-bond acceptors (Lipinski definition) is 4. The Morgan fingerprint density at radius 3 is 2.50 bits per heavy atom. The summed E-state index contributed by atoms with van der Waals surface area (Å²) in [7, 11) is 0. The number of likely N-dealkylation sites (tertiary alicyclic amines) is 1. The molecule has 0 unspecified atom stereocenters. The van der Waals surface area contributed by atoms with Gasteiger partial charge in [0.25, 0.3) is 5.56 Å². The molecule has 0 spiro atoms. The van der Waals surface area contributed by atoms with Gasteiger partial charge in [-0.05, 0) is 32.0 Å². The van der Waals surface area contributed by atoms with Crippen LogP contribution in [0.5, 0.6) is 0 Å². The molecular formula is C15H20N4O. The number of aromatic nitrogens is 2. The van der Waals surface area contributed by atoms with Gasteiger partial charge in [0.15, 0.2) is 0 Å². The second-order valence-corrected chi connectivity index (χ2v) is 5.27. The molecule has 0 bridgehead atoms. The fourth-order valence-corrected chi connectivity index (χ4v) is 2.85. The van der Waals surface area contributed by atoms with Crippen molar-refractivity contribution in [2.24, 2.45) is 5.73 Å². The van der Waals surface area contributed by atoms with Crippen LogP contribution in [-0.4, -0.2) is 34.3 Å². The van der Waals surface area contributed by atoms with Crippen LogP contribution >= 0.6 is 0 Å². The Labute approximate surface area is 118 Å². The van der Waals surface area contributed by atoms with Gasteiger partial charge in [-0.1, -0.05) is 18.2 Å². The van der Waals surface area contributed by atoms with Gasteiger partial charge in [-0.15, -0.1) is 0 Å². The van der Waals surface area contributed by atoms with Crippen molar-refractivity contribution < 1.29 is 0 Å². The van der Waals surface area contributed by atoms with Crippen LogP contribution in [0, 0.1) is 0 Å². The van der Waals surface area contributed by atoms with Crippen molar-refractivity contribution in [3.05, 3.63) is 40.3 Å². The average molecular weight is 272 g/mol. The zero-order valence-electron chi connectivity index (χ0n) is 11.6. The van der Waals surface area contributed by atoms with Crippen molar-refractivity contribution in [2.75, 3.05) is 19.6 Å². The van der Waals surface area contributed by atoms with E-state index in [-0.39, 0.29) is 5.56 Å². The third-order valence-electron chi connectivity index (χ3n) is 3.96. The minimum Gasteiger partial charge on any atom is -0.325 e. The van der Waals surface area contributed by atoms with Gasteiger partial charge in [0.2, 0.25) is 0 Å². The molecule has 5 heteroatoms. The van der Waals surface area contributed by atoms with Gasteiger partial charge in [0, 0.05) is 18.5 Å². The molecule has 0 radical (unpaired) electrons. The average Bonchev–Trinajstić information content (AvgIpc) is 3.00. The minimum atomic E-state index is -0.0167. The zero-order chi connectivity index (χ0) is 13.9. The van der Waals surface area contributed by atoms with Crippen LogP contribution < -0.4 is 11.3 Å². The molecule has 3 rings (SSSR count). The zero-order valence-corrected chi connectivity index (χ0v) is 11.6. The monoisotopic (exact) mass is 272 g/mol. The van der Waals surface area contributed by atoms with E-state index in [1.807, 2.05) is 24.3 Å². The largest absolute Gasteiger partial charge is 0.325 e. The van der Waals surface area contributed by atoms with E-state index in [9.17, 15) is 4.79 Å². The Bertz CT molecular complexity index is 658. The molecule has 1 aliphatic rings. The van der Waals surface area contributed by atoms with E-state index in [4.69, 9.17) is 5.73 Å². The molecule has 0 aliphatic carbocycles. The predicted octanol–water partition coefficient (Wildman–Crippen LogP) is 0.951. The lowest BCUT2D eigenvalue weighted by Crippen LogP contribution is -2.31. The standard InChI is InChI=1S/C15H20N4O/c16-11-14-12-5-1-2-6-13(12)15(20)19(17-14)10-9-18-7-3-4-8-18/h1-2,5-6H,3-4,7-11,16H2. The van der Waals surface area contributed by atoms with E-state index in [2.05, 4.69) is 10.00 Å². The lowest BCUT2D eigenvalue weighted by Gasteiger charge is -2.15. The maximum absolute atomic E-state index is 12.4. The highest BCUT2D eigenvalue weighted by molar-refractivity contribution is 5.83. The quantitative estimate of drug-likeness (QED) is 0.900. The molecule has 0 atom stereocenters.